The van der Waals surface area contributed by atoms with Crippen LogP contribution in [0.5, 0.6) is 0 Å². The molecule has 9 heteroatoms. The summed E-state index contributed by atoms with van der Waals surface area (Å²) in [6, 6.07) is 0.292. The zero-order valence-corrected chi connectivity index (χ0v) is 22.1. The number of guanidine groups is 1. The van der Waals surface area contributed by atoms with E-state index in [1.54, 1.807) is 4.90 Å². The molecule has 2 N–H and O–H groups in total. The van der Waals surface area contributed by atoms with Crippen molar-refractivity contribution in [1.29, 1.82) is 0 Å². The van der Waals surface area contributed by atoms with Crippen LogP contribution in [-0.2, 0) is 15.5 Å². The number of carbonyl (C=O) groups excluding carboxylic acids is 1. The SMILES string of the molecule is CCNC(=NCCN(CC)C(=O)OC(C)(C)C)NC1CCCC(S(=O)CC)C1.I. The number of hydrogen-bond acceptors (Lipinski definition) is 4. The number of carbonyl (C=O) groups is 1. The second-order valence-electron chi connectivity index (χ2n) is 8.12. The summed E-state index contributed by atoms with van der Waals surface area (Å²) < 4.78 is 17.6. The third kappa shape index (κ3) is 11.4. The van der Waals surface area contributed by atoms with Gasteiger partial charge in [-0.25, -0.2) is 4.79 Å². The molecule has 7 nitrogen and oxygen atoms in total. The van der Waals surface area contributed by atoms with Gasteiger partial charge in [0.2, 0.25) is 0 Å². The summed E-state index contributed by atoms with van der Waals surface area (Å²) in [5.74, 6) is 1.49. The van der Waals surface area contributed by atoms with Gasteiger partial charge in [-0.05, 0) is 53.9 Å². The maximum absolute atomic E-state index is 12.2. The monoisotopic (exact) mass is 544 g/mol. The fourth-order valence-corrected chi connectivity index (χ4v) is 4.60. The zero-order valence-electron chi connectivity index (χ0n) is 19.0. The standard InChI is InChI=1S/C20H40N4O3S.HI/c1-7-21-18(23-16-11-10-12-17(15-16)28(26)9-3)22-13-14-24(8-2)19(25)27-20(4,5)6;/h16-17H,7-15H2,1-6H3,(H2,21,22,23);1H. The number of halogens is 1. The average Bonchev–Trinajstić information content (AvgIpc) is 2.63. The van der Waals surface area contributed by atoms with E-state index in [1.165, 1.54) is 0 Å². The van der Waals surface area contributed by atoms with Gasteiger partial charge in [0.1, 0.15) is 5.60 Å². The summed E-state index contributed by atoms with van der Waals surface area (Å²) in [5, 5.41) is 7.05. The lowest BCUT2D eigenvalue weighted by atomic mass is 9.95. The molecular weight excluding hydrogens is 503 g/mol. The van der Waals surface area contributed by atoms with Gasteiger partial charge in [0.15, 0.2) is 5.96 Å². The molecule has 1 amide bonds. The minimum absolute atomic E-state index is 0. The lowest BCUT2D eigenvalue weighted by Gasteiger charge is -2.30. The second-order valence-corrected chi connectivity index (χ2v) is 10.1. The largest absolute Gasteiger partial charge is 0.444 e. The van der Waals surface area contributed by atoms with Crippen LogP contribution in [0, 0.1) is 0 Å². The Balaban J connectivity index is 0.00000784. The van der Waals surface area contributed by atoms with Crippen LogP contribution in [0.3, 0.4) is 0 Å². The van der Waals surface area contributed by atoms with Crippen molar-refractivity contribution < 1.29 is 13.7 Å². The number of aliphatic imine (C=N–C) groups is 1. The molecule has 1 fully saturated rings. The molecule has 0 radical (unpaired) electrons. The molecule has 1 saturated carbocycles. The highest BCUT2D eigenvalue weighted by atomic mass is 127. The van der Waals surface area contributed by atoms with Gasteiger partial charge in [0.05, 0.1) is 6.54 Å². The summed E-state index contributed by atoms with van der Waals surface area (Å²) in [5.41, 5.74) is -0.500. The molecule has 0 spiro atoms. The third-order valence-electron chi connectivity index (χ3n) is 4.64. The van der Waals surface area contributed by atoms with E-state index in [9.17, 15) is 9.00 Å². The van der Waals surface area contributed by atoms with Crippen LogP contribution in [0.4, 0.5) is 4.79 Å². The Bertz CT molecular complexity index is 540. The van der Waals surface area contributed by atoms with Crippen molar-refractivity contribution in [2.75, 3.05) is 31.9 Å². The molecule has 0 aliphatic heterocycles. The van der Waals surface area contributed by atoms with Gasteiger partial charge < -0.3 is 20.3 Å². The van der Waals surface area contributed by atoms with Gasteiger partial charge in [-0.15, -0.1) is 24.0 Å². The van der Waals surface area contributed by atoms with Crippen molar-refractivity contribution >= 4 is 46.8 Å². The normalized spacial score (nSPS) is 21.0. The van der Waals surface area contributed by atoms with Crippen molar-refractivity contribution in [3.63, 3.8) is 0 Å². The first-order valence-electron chi connectivity index (χ1n) is 10.6. The van der Waals surface area contributed by atoms with E-state index in [1.807, 2.05) is 41.5 Å². The Hall–Kier alpha value is -0.580. The van der Waals surface area contributed by atoms with E-state index < -0.39 is 16.4 Å². The van der Waals surface area contributed by atoms with Crippen LogP contribution in [0.15, 0.2) is 4.99 Å². The summed E-state index contributed by atoms with van der Waals surface area (Å²) in [7, 11) is -0.738. The Morgan fingerprint density at radius 2 is 1.93 bits per heavy atom. The van der Waals surface area contributed by atoms with Crippen molar-refractivity contribution in [1.82, 2.24) is 15.5 Å². The van der Waals surface area contributed by atoms with Gasteiger partial charge >= 0.3 is 6.09 Å². The molecule has 0 saturated heterocycles. The van der Waals surface area contributed by atoms with E-state index >= 15 is 0 Å². The number of ether oxygens (including phenoxy) is 1. The molecule has 3 unspecified atom stereocenters. The molecule has 3 atom stereocenters. The van der Waals surface area contributed by atoms with Gasteiger partial charge in [-0.3, -0.25) is 9.20 Å². The van der Waals surface area contributed by atoms with Crippen LogP contribution in [0.2, 0.25) is 0 Å². The number of likely N-dealkylation sites (N-methyl/N-ethyl adjacent to an activating group) is 1. The fraction of sp³-hybridized carbons (Fsp3) is 0.900. The molecule has 0 aromatic rings. The van der Waals surface area contributed by atoms with Crippen molar-refractivity contribution in [2.24, 2.45) is 4.99 Å². The smallest absolute Gasteiger partial charge is 0.410 e. The summed E-state index contributed by atoms with van der Waals surface area (Å²) >= 11 is 0. The molecule has 0 heterocycles. The first-order valence-corrected chi connectivity index (χ1v) is 12.0. The molecular formula is C20H41IN4O3S. The molecule has 1 aliphatic carbocycles. The predicted molar refractivity (Wildman–Crippen MR) is 133 cm³/mol. The van der Waals surface area contributed by atoms with Crippen LogP contribution < -0.4 is 10.6 Å². The third-order valence-corrected chi connectivity index (χ3v) is 6.38. The highest BCUT2D eigenvalue weighted by Gasteiger charge is 2.26. The van der Waals surface area contributed by atoms with E-state index in [0.717, 1.165) is 43.9 Å². The van der Waals surface area contributed by atoms with Crippen LogP contribution in [0.25, 0.3) is 0 Å². The van der Waals surface area contributed by atoms with Crippen LogP contribution in [-0.4, -0.2) is 70.0 Å². The molecule has 0 aromatic heterocycles. The minimum atomic E-state index is -0.738. The molecule has 0 aromatic carbocycles. The minimum Gasteiger partial charge on any atom is -0.444 e. The Morgan fingerprint density at radius 3 is 2.48 bits per heavy atom. The first kappa shape index (κ1) is 28.4. The average molecular weight is 545 g/mol. The number of hydrogen-bond donors (Lipinski definition) is 2. The summed E-state index contributed by atoms with van der Waals surface area (Å²) in [4.78, 5) is 18.5. The van der Waals surface area contributed by atoms with Gasteiger partial charge in [0, 0.05) is 47.5 Å². The molecule has 172 valence electrons. The quantitative estimate of drug-likeness (QED) is 0.278. The number of nitrogens with zero attached hydrogens (tertiary/aromatic N) is 2. The summed E-state index contributed by atoms with van der Waals surface area (Å²) in [6.45, 7) is 13.9. The van der Waals surface area contributed by atoms with E-state index in [2.05, 4.69) is 15.6 Å². The Kier molecular flexibility index (Phi) is 14.1. The lowest BCUT2D eigenvalue weighted by molar-refractivity contribution is 0.0266. The maximum atomic E-state index is 12.2. The first-order chi connectivity index (χ1) is 13.2. The fourth-order valence-electron chi connectivity index (χ4n) is 3.25. The lowest BCUT2D eigenvalue weighted by Crippen LogP contribution is -2.47. The summed E-state index contributed by atoms with van der Waals surface area (Å²) in [6.07, 6.45) is 3.83. The highest BCUT2D eigenvalue weighted by molar-refractivity contribution is 14.0. The highest BCUT2D eigenvalue weighted by Crippen LogP contribution is 2.23. The van der Waals surface area contributed by atoms with Crippen molar-refractivity contribution in [3.05, 3.63) is 0 Å². The van der Waals surface area contributed by atoms with E-state index in [-0.39, 0.29) is 35.3 Å². The van der Waals surface area contributed by atoms with Crippen molar-refractivity contribution in [3.8, 4) is 0 Å². The second kappa shape index (κ2) is 14.4. The van der Waals surface area contributed by atoms with Gasteiger partial charge in [-0.2, -0.15) is 0 Å². The molecule has 1 aliphatic rings. The van der Waals surface area contributed by atoms with E-state index in [4.69, 9.17) is 4.74 Å². The van der Waals surface area contributed by atoms with Gasteiger partial charge in [0.25, 0.3) is 0 Å². The molecule has 1 rings (SSSR count). The van der Waals surface area contributed by atoms with Gasteiger partial charge in [-0.1, -0.05) is 13.3 Å². The number of nitrogens with one attached hydrogen (secondary N) is 2. The molecule has 29 heavy (non-hydrogen) atoms. The predicted octanol–water partition coefficient (Wildman–Crippen LogP) is 3.50. The van der Waals surface area contributed by atoms with Crippen LogP contribution >= 0.6 is 24.0 Å². The zero-order chi connectivity index (χ0) is 21.2. The van der Waals surface area contributed by atoms with E-state index in [0.29, 0.717) is 25.7 Å². The molecule has 0 bridgehead atoms. The maximum Gasteiger partial charge on any atom is 0.410 e. The number of rotatable bonds is 8. The topological polar surface area (TPSA) is 83.0 Å². The Labute approximate surface area is 196 Å². The van der Waals surface area contributed by atoms with Crippen LogP contribution in [0.1, 0.15) is 67.2 Å². The Morgan fingerprint density at radius 1 is 1.24 bits per heavy atom. The number of amides is 1. The van der Waals surface area contributed by atoms with Crippen molar-refractivity contribution in [2.45, 2.75) is 84.1 Å².